The Labute approximate surface area is 164 Å². The van der Waals surface area contributed by atoms with Crippen LogP contribution in [0.5, 0.6) is 5.75 Å². The molecular formula is C24H23N2O2+. The van der Waals surface area contributed by atoms with Crippen molar-refractivity contribution in [3.8, 4) is 17.0 Å². The summed E-state index contributed by atoms with van der Waals surface area (Å²) in [6.45, 7) is 13.9. The lowest BCUT2D eigenvalue weighted by atomic mass is 9.82. The first kappa shape index (κ1) is 18.1. The maximum Gasteiger partial charge on any atom is 0.219 e. The van der Waals surface area contributed by atoms with E-state index in [9.17, 15) is 0 Å². The van der Waals surface area contributed by atoms with Gasteiger partial charge in [-0.15, -0.1) is 0 Å². The molecule has 0 radical (unpaired) electrons. The molecule has 0 fully saturated rings. The number of furan rings is 1. The van der Waals surface area contributed by atoms with Gasteiger partial charge in [0.05, 0.1) is 13.7 Å². The Morgan fingerprint density at radius 3 is 2.54 bits per heavy atom. The van der Waals surface area contributed by atoms with E-state index in [4.69, 9.17) is 15.7 Å². The van der Waals surface area contributed by atoms with Crippen molar-refractivity contribution in [2.75, 3.05) is 7.11 Å². The van der Waals surface area contributed by atoms with E-state index in [0.29, 0.717) is 5.69 Å². The van der Waals surface area contributed by atoms with Crippen molar-refractivity contribution in [2.45, 2.75) is 26.2 Å². The molecule has 0 aliphatic carbocycles. The van der Waals surface area contributed by atoms with E-state index in [1.54, 1.807) is 7.11 Å². The van der Waals surface area contributed by atoms with Crippen LogP contribution in [-0.4, -0.2) is 7.11 Å². The molecule has 0 amide bonds. The Morgan fingerprint density at radius 2 is 1.89 bits per heavy atom. The maximum absolute atomic E-state index is 7.32. The van der Waals surface area contributed by atoms with E-state index in [0.717, 1.165) is 44.5 Å². The van der Waals surface area contributed by atoms with Crippen molar-refractivity contribution in [3.63, 3.8) is 0 Å². The average molecular weight is 371 g/mol. The average Bonchev–Trinajstić information content (AvgIpc) is 3.04. The fraction of sp³-hybridized carbons (Fsp3) is 0.250. The highest BCUT2D eigenvalue weighted by atomic mass is 16.5. The van der Waals surface area contributed by atoms with Crippen LogP contribution in [0.25, 0.3) is 38.0 Å². The zero-order valence-electron chi connectivity index (χ0n) is 16.8. The number of aryl methyl sites for hydroxylation is 1. The van der Waals surface area contributed by atoms with Crippen LogP contribution in [-0.2, 0) is 12.5 Å². The van der Waals surface area contributed by atoms with Crippen molar-refractivity contribution in [1.82, 2.24) is 0 Å². The van der Waals surface area contributed by atoms with E-state index in [1.807, 2.05) is 43.6 Å². The molecule has 2 heterocycles. The molecular weight excluding hydrogens is 348 g/mol. The predicted octanol–water partition coefficient (Wildman–Crippen LogP) is 5.93. The van der Waals surface area contributed by atoms with Crippen LogP contribution in [0.3, 0.4) is 0 Å². The van der Waals surface area contributed by atoms with Gasteiger partial charge in [0.2, 0.25) is 5.69 Å². The zero-order chi connectivity index (χ0) is 20.1. The second-order valence-corrected chi connectivity index (χ2v) is 8.05. The summed E-state index contributed by atoms with van der Waals surface area (Å²) in [6, 6.07) is 13.9. The van der Waals surface area contributed by atoms with Gasteiger partial charge in [-0.2, -0.15) is 0 Å². The molecule has 0 atom stereocenters. The van der Waals surface area contributed by atoms with Crippen LogP contribution in [0.15, 0.2) is 53.1 Å². The molecule has 0 spiro atoms. The smallest absolute Gasteiger partial charge is 0.219 e. The minimum absolute atomic E-state index is 0.0990. The Hall–Kier alpha value is -3.32. The minimum atomic E-state index is -0.0990. The van der Waals surface area contributed by atoms with Crippen molar-refractivity contribution >= 4 is 27.6 Å². The summed E-state index contributed by atoms with van der Waals surface area (Å²) in [4.78, 5) is 3.55. The molecule has 0 aliphatic heterocycles. The Balaban J connectivity index is 2.24. The number of hydrogen-bond donors (Lipinski definition) is 0. The predicted molar refractivity (Wildman–Crippen MR) is 112 cm³/mol. The quantitative estimate of drug-likeness (QED) is 0.323. The van der Waals surface area contributed by atoms with E-state index in [2.05, 4.69) is 42.3 Å². The van der Waals surface area contributed by atoms with E-state index in [1.165, 1.54) is 0 Å². The van der Waals surface area contributed by atoms with Gasteiger partial charge >= 0.3 is 0 Å². The fourth-order valence-electron chi connectivity index (χ4n) is 3.76. The number of methoxy groups -OCH3 is 1. The summed E-state index contributed by atoms with van der Waals surface area (Å²) in [5.41, 5.74) is 5.09. The van der Waals surface area contributed by atoms with Gasteiger partial charge < -0.3 is 9.15 Å². The Bertz CT molecular complexity index is 1250. The molecule has 0 saturated heterocycles. The summed E-state index contributed by atoms with van der Waals surface area (Å²) in [7, 11) is 3.71. The molecule has 0 saturated carbocycles. The minimum Gasteiger partial charge on any atom is -0.496 e. The van der Waals surface area contributed by atoms with Gasteiger partial charge in [0.25, 0.3) is 0 Å². The highest BCUT2D eigenvalue weighted by molar-refractivity contribution is 6.13. The summed E-state index contributed by atoms with van der Waals surface area (Å²) in [6.07, 6.45) is 2.01. The third-order valence-corrected chi connectivity index (χ3v) is 5.16. The van der Waals surface area contributed by atoms with Gasteiger partial charge in [-0.1, -0.05) is 32.9 Å². The summed E-state index contributed by atoms with van der Waals surface area (Å²) >= 11 is 0. The van der Waals surface area contributed by atoms with Crippen LogP contribution >= 0.6 is 0 Å². The van der Waals surface area contributed by atoms with Gasteiger partial charge in [-0.25, -0.2) is 9.41 Å². The molecule has 4 heteroatoms. The lowest BCUT2D eigenvalue weighted by molar-refractivity contribution is -0.660. The molecule has 0 unspecified atom stereocenters. The van der Waals surface area contributed by atoms with Gasteiger partial charge in [0.15, 0.2) is 17.5 Å². The first-order valence-corrected chi connectivity index (χ1v) is 9.25. The standard InChI is InChI=1S/C24H23N2O2/c1-24(2,3)17-14-20(27-6)22(18-9-7-8-12-26(18)5)23-21(17)16-11-10-15(25-4)13-19(16)28-23/h7-14H,1-3,5-6H3/q+1. The van der Waals surface area contributed by atoms with Crippen LogP contribution in [0.1, 0.15) is 26.3 Å². The lowest BCUT2D eigenvalue weighted by Gasteiger charge is -2.22. The van der Waals surface area contributed by atoms with Gasteiger partial charge in [0.1, 0.15) is 23.9 Å². The summed E-state index contributed by atoms with van der Waals surface area (Å²) in [5, 5.41) is 2.11. The number of nitrogens with zero attached hydrogens (tertiary/aromatic N) is 2. The molecule has 140 valence electrons. The number of pyridine rings is 1. The van der Waals surface area contributed by atoms with Crippen LogP contribution < -0.4 is 9.30 Å². The second-order valence-electron chi connectivity index (χ2n) is 8.05. The third-order valence-electron chi connectivity index (χ3n) is 5.16. The highest BCUT2D eigenvalue weighted by Crippen LogP contribution is 2.46. The number of fused-ring (bicyclic) bond motifs is 3. The van der Waals surface area contributed by atoms with Crippen LogP contribution in [0.4, 0.5) is 5.69 Å². The first-order valence-electron chi connectivity index (χ1n) is 9.25. The second kappa shape index (κ2) is 6.38. The molecule has 0 bridgehead atoms. The van der Waals surface area contributed by atoms with Crippen LogP contribution in [0.2, 0.25) is 0 Å². The SMILES string of the molecule is [C-]#[N+]c1ccc2c(c1)oc1c(-c3cccc[n+]3C)c(OC)cc(C(C)(C)C)c12. The lowest BCUT2D eigenvalue weighted by Crippen LogP contribution is -2.30. The van der Waals surface area contributed by atoms with E-state index >= 15 is 0 Å². The van der Waals surface area contributed by atoms with E-state index < -0.39 is 0 Å². The number of rotatable bonds is 2. The van der Waals surface area contributed by atoms with Crippen molar-refractivity contribution in [1.29, 1.82) is 0 Å². The van der Waals surface area contributed by atoms with E-state index in [-0.39, 0.29) is 5.41 Å². The molecule has 4 rings (SSSR count). The third kappa shape index (κ3) is 2.71. The van der Waals surface area contributed by atoms with Gasteiger partial charge in [0, 0.05) is 22.9 Å². The molecule has 4 aromatic rings. The summed E-state index contributed by atoms with van der Waals surface area (Å²) < 4.78 is 14.3. The highest BCUT2D eigenvalue weighted by Gasteiger charge is 2.29. The fourth-order valence-corrected chi connectivity index (χ4v) is 3.76. The topological polar surface area (TPSA) is 30.6 Å². The normalized spacial score (nSPS) is 11.7. The van der Waals surface area contributed by atoms with Crippen LogP contribution in [0, 0.1) is 6.57 Å². The van der Waals surface area contributed by atoms with Gasteiger partial charge in [-0.05, 0) is 29.2 Å². The molecule has 2 aromatic heterocycles. The van der Waals surface area contributed by atoms with Gasteiger partial charge in [-0.3, -0.25) is 0 Å². The Kier molecular flexibility index (Phi) is 4.12. The molecule has 0 N–H and O–H groups in total. The molecule has 2 aromatic carbocycles. The molecule has 28 heavy (non-hydrogen) atoms. The summed E-state index contributed by atoms with van der Waals surface area (Å²) in [5.74, 6) is 0.781. The van der Waals surface area contributed by atoms with Crippen molar-refractivity contribution in [3.05, 3.63) is 65.6 Å². The number of hydrogen-bond acceptors (Lipinski definition) is 2. The maximum atomic E-state index is 7.32. The molecule has 0 aliphatic rings. The monoisotopic (exact) mass is 371 g/mol. The number of benzene rings is 2. The number of aromatic nitrogens is 1. The number of ether oxygens (including phenoxy) is 1. The van der Waals surface area contributed by atoms with Crippen molar-refractivity contribution in [2.24, 2.45) is 7.05 Å². The molecule has 4 nitrogen and oxygen atoms in total. The first-order chi connectivity index (χ1) is 13.3. The van der Waals surface area contributed by atoms with Crippen molar-refractivity contribution < 1.29 is 13.7 Å². The zero-order valence-corrected chi connectivity index (χ0v) is 16.8. The largest absolute Gasteiger partial charge is 0.496 e. The Morgan fingerprint density at radius 1 is 1.11 bits per heavy atom.